The van der Waals surface area contributed by atoms with Crippen LogP contribution in [0.5, 0.6) is 0 Å². The van der Waals surface area contributed by atoms with Gasteiger partial charge in [-0.3, -0.25) is 0 Å². The van der Waals surface area contributed by atoms with Crippen LogP contribution in [0.4, 0.5) is 0 Å². The van der Waals surface area contributed by atoms with Crippen molar-refractivity contribution >= 4 is 0 Å². The van der Waals surface area contributed by atoms with E-state index in [1.165, 1.54) is 19.3 Å². The Morgan fingerprint density at radius 2 is 1.94 bits per heavy atom. The molecule has 0 aromatic rings. The molecule has 0 heterocycles. The number of methoxy groups -OCH3 is 1. The zero-order valence-electron chi connectivity index (χ0n) is 11.6. The molecule has 0 bridgehead atoms. The summed E-state index contributed by atoms with van der Waals surface area (Å²) in [5.41, 5.74) is 0. The minimum Gasteiger partial charge on any atom is -0.380 e. The number of rotatable bonds is 5. The van der Waals surface area contributed by atoms with Crippen molar-refractivity contribution in [3.8, 4) is 0 Å². The van der Waals surface area contributed by atoms with Crippen molar-refractivity contribution < 1.29 is 4.74 Å². The fourth-order valence-corrected chi connectivity index (χ4v) is 2.84. The molecule has 2 heteroatoms. The van der Waals surface area contributed by atoms with Crippen molar-refractivity contribution in [3.63, 3.8) is 0 Å². The maximum Gasteiger partial charge on any atom is 0.0667 e. The first-order valence-corrected chi connectivity index (χ1v) is 6.80. The molecular formula is C14H29NO. The van der Waals surface area contributed by atoms with Gasteiger partial charge in [0.2, 0.25) is 0 Å². The molecule has 16 heavy (non-hydrogen) atoms. The Morgan fingerprint density at radius 1 is 1.25 bits per heavy atom. The van der Waals surface area contributed by atoms with E-state index in [1.807, 2.05) is 0 Å². The number of hydrogen-bond acceptors (Lipinski definition) is 2. The quantitative estimate of drug-likeness (QED) is 0.779. The Bertz CT molecular complexity index is 193. The van der Waals surface area contributed by atoms with Gasteiger partial charge in [0.25, 0.3) is 0 Å². The summed E-state index contributed by atoms with van der Waals surface area (Å²) in [5.74, 6) is 2.52. The molecule has 4 atom stereocenters. The highest BCUT2D eigenvalue weighted by Crippen LogP contribution is 2.33. The summed E-state index contributed by atoms with van der Waals surface area (Å²) in [5, 5.41) is 3.71. The van der Waals surface area contributed by atoms with Gasteiger partial charge in [-0.1, -0.05) is 27.2 Å². The molecule has 2 nitrogen and oxygen atoms in total. The van der Waals surface area contributed by atoms with Gasteiger partial charge in [0.1, 0.15) is 0 Å². The summed E-state index contributed by atoms with van der Waals surface area (Å²) in [6.07, 6.45) is 4.45. The topological polar surface area (TPSA) is 21.3 Å². The summed E-state index contributed by atoms with van der Waals surface area (Å²) < 4.78 is 5.30. The highest BCUT2D eigenvalue weighted by Gasteiger charge is 2.30. The molecule has 1 aliphatic rings. The van der Waals surface area contributed by atoms with Crippen molar-refractivity contribution in [2.24, 2.45) is 17.8 Å². The van der Waals surface area contributed by atoms with Crippen LogP contribution in [0.3, 0.4) is 0 Å². The van der Waals surface area contributed by atoms with Gasteiger partial charge >= 0.3 is 0 Å². The van der Waals surface area contributed by atoms with Gasteiger partial charge < -0.3 is 10.1 Å². The fourth-order valence-electron chi connectivity index (χ4n) is 2.84. The molecule has 0 radical (unpaired) electrons. The lowest BCUT2D eigenvalue weighted by atomic mass is 9.74. The van der Waals surface area contributed by atoms with E-state index >= 15 is 0 Å². The van der Waals surface area contributed by atoms with Crippen LogP contribution >= 0.6 is 0 Å². The molecule has 4 unspecified atom stereocenters. The third-order valence-corrected chi connectivity index (χ3v) is 4.09. The molecule has 1 fully saturated rings. The van der Waals surface area contributed by atoms with Crippen LogP contribution < -0.4 is 5.32 Å². The second-order valence-corrected chi connectivity index (χ2v) is 5.89. The zero-order chi connectivity index (χ0) is 12.1. The van der Waals surface area contributed by atoms with Gasteiger partial charge in [0, 0.05) is 19.7 Å². The lowest BCUT2D eigenvalue weighted by molar-refractivity contribution is 0.0984. The molecule has 1 rings (SSSR count). The molecule has 0 aliphatic heterocycles. The maximum absolute atomic E-state index is 5.30. The van der Waals surface area contributed by atoms with E-state index in [9.17, 15) is 0 Å². The van der Waals surface area contributed by atoms with Crippen LogP contribution in [0.15, 0.2) is 0 Å². The van der Waals surface area contributed by atoms with Crippen molar-refractivity contribution in [3.05, 3.63) is 0 Å². The first kappa shape index (κ1) is 14.0. The third kappa shape index (κ3) is 4.06. The minimum absolute atomic E-state index is 0.324. The number of nitrogens with one attached hydrogen (secondary N) is 1. The highest BCUT2D eigenvalue weighted by atomic mass is 16.5. The maximum atomic E-state index is 5.30. The largest absolute Gasteiger partial charge is 0.380 e. The van der Waals surface area contributed by atoms with Gasteiger partial charge in [0.15, 0.2) is 0 Å². The molecule has 0 aromatic heterocycles. The van der Waals surface area contributed by atoms with E-state index in [-0.39, 0.29) is 0 Å². The van der Waals surface area contributed by atoms with Gasteiger partial charge in [-0.15, -0.1) is 0 Å². The van der Waals surface area contributed by atoms with Gasteiger partial charge in [-0.25, -0.2) is 0 Å². The molecule has 1 saturated carbocycles. The Kier molecular flexibility index (Phi) is 5.77. The smallest absolute Gasteiger partial charge is 0.0667 e. The van der Waals surface area contributed by atoms with Crippen LogP contribution in [-0.2, 0) is 4.74 Å². The second kappa shape index (κ2) is 6.61. The van der Waals surface area contributed by atoms with Crippen LogP contribution in [0.2, 0.25) is 0 Å². The molecule has 1 aliphatic carbocycles. The average Bonchev–Trinajstić information content (AvgIpc) is 2.25. The second-order valence-electron chi connectivity index (χ2n) is 5.89. The van der Waals surface area contributed by atoms with Crippen molar-refractivity contribution in [1.29, 1.82) is 0 Å². The monoisotopic (exact) mass is 227 g/mol. The summed E-state index contributed by atoms with van der Waals surface area (Å²) in [6.45, 7) is 10.2. The molecule has 96 valence electrons. The van der Waals surface area contributed by atoms with Crippen LogP contribution in [0.1, 0.15) is 47.0 Å². The number of hydrogen-bond donors (Lipinski definition) is 1. The van der Waals surface area contributed by atoms with Gasteiger partial charge in [0.05, 0.1) is 6.10 Å². The molecule has 0 amide bonds. The van der Waals surface area contributed by atoms with Crippen LogP contribution in [0, 0.1) is 17.8 Å². The van der Waals surface area contributed by atoms with E-state index in [0.717, 1.165) is 24.3 Å². The first-order valence-electron chi connectivity index (χ1n) is 6.80. The van der Waals surface area contributed by atoms with E-state index in [4.69, 9.17) is 4.74 Å². The van der Waals surface area contributed by atoms with Crippen molar-refractivity contribution in [1.82, 2.24) is 5.32 Å². The zero-order valence-corrected chi connectivity index (χ0v) is 11.6. The van der Waals surface area contributed by atoms with E-state index in [1.54, 1.807) is 7.11 Å². The third-order valence-electron chi connectivity index (χ3n) is 4.09. The molecule has 0 saturated heterocycles. The van der Waals surface area contributed by atoms with Gasteiger partial charge in [-0.05, 0) is 37.5 Å². The summed E-state index contributed by atoms with van der Waals surface area (Å²) in [7, 11) is 1.79. The first-order chi connectivity index (χ1) is 7.54. The Balaban J connectivity index is 2.44. The standard InChI is InChI=1S/C14H29NO/c1-10(2)13-7-6-11(3)8-14(13)15-9-12(4)16-5/h10-15H,6-9H2,1-5H3. The highest BCUT2D eigenvalue weighted by molar-refractivity contribution is 4.85. The van der Waals surface area contributed by atoms with Crippen LogP contribution in [0.25, 0.3) is 0 Å². The average molecular weight is 227 g/mol. The summed E-state index contributed by atoms with van der Waals surface area (Å²) >= 11 is 0. The SMILES string of the molecule is COC(C)CNC1CC(C)CCC1C(C)C. The summed E-state index contributed by atoms with van der Waals surface area (Å²) in [4.78, 5) is 0. The predicted molar refractivity (Wildman–Crippen MR) is 69.6 cm³/mol. The molecule has 0 spiro atoms. The van der Waals surface area contributed by atoms with Crippen molar-refractivity contribution in [2.75, 3.05) is 13.7 Å². The Morgan fingerprint density at radius 3 is 2.50 bits per heavy atom. The normalized spacial score (nSPS) is 33.0. The van der Waals surface area contributed by atoms with E-state index < -0.39 is 0 Å². The lowest BCUT2D eigenvalue weighted by Crippen LogP contribution is -2.45. The molecular weight excluding hydrogens is 198 g/mol. The summed E-state index contributed by atoms with van der Waals surface area (Å²) in [6, 6.07) is 0.696. The molecule has 1 N–H and O–H groups in total. The predicted octanol–water partition coefficient (Wildman–Crippen LogP) is 3.07. The van der Waals surface area contributed by atoms with Crippen LogP contribution in [-0.4, -0.2) is 25.8 Å². The number of ether oxygens (including phenoxy) is 1. The van der Waals surface area contributed by atoms with Crippen molar-refractivity contribution in [2.45, 2.75) is 59.1 Å². The Hall–Kier alpha value is -0.0800. The van der Waals surface area contributed by atoms with E-state index in [0.29, 0.717) is 12.1 Å². The minimum atomic E-state index is 0.324. The lowest BCUT2D eigenvalue weighted by Gasteiger charge is -2.38. The van der Waals surface area contributed by atoms with Gasteiger partial charge in [-0.2, -0.15) is 0 Å². The fraction of sp³-hybridized carbons (Fsp3) is 1.00. The van der Waals surface area contributed by atoms with E-state index in [2.05, 4.69) is 33.0 Å². The molecule has 0 aromatic carbocycles. The Labute approximate surface area is 101 Å².